The van der Waals surface area contributed by atoms with Gasteiger partial charge in [-0.15, -0.1) is 0 Å². The Hall–Kier alpha value is -1.35. The first kappa shape index (κ1) is 15.7. The molecule has 104 valence electrons. The minimum absolute atomic E-state index is 0.0326. The Balaban J connectivity index is 2.19. The van der Waals surface area contributed by atoms with E-state index in [0.717, 1.165) is 18.4 Å². The Morgan fingerprint density at radius 2 is 2.11 bits per heavy atom. The van der Waals surface area contributed by atoms with Crippen LogP contribution in [0.1, 0.15) is 51.0 Å². The number of amides is 1. The fraction of sp³-hybridized carbons (Fsp3) is 0.467. The smallest absolute Gasteiger partial charge is 0.240 e. The summed E-state index contributed by atoms with van der Waals surface area (Å²) in [5, 5.41) is 4.57. The molecule has 1 aromatic rings. The zero-order valence-electron chi connectivity index (χ0n) is 11.4. The van der Waals surface area contributed by atoms with Crippen molar-refractivity contribution in [1.29, 1.82) is 0 Å². The largest absolute Gasteiger partial charge is 0.273 e. The molecule has 0 aliphatic rings. The maximum atomic E-state index is 11.5. The molecule has 1 rings (SSSR count). The molecule has 19 heavy (non-hydrogen) atoms. The molecule has 4 heteroatoms. The maximum Gasteiger partial charge on any atom is 0.240 e. The fourth-order valence-corrected chi connectivity index (χ4v) is 1.91. The van der Waals surface area contributed by atoms with Gasteiger partial charge in [0.15, 0.2) is 0 Å². The molecule has 0 radical (unpaired) electrons. The second kappa shape index (κ2) is 9.56. The van der Waals surface area contributed by atoms with E-state index in [4.69, 9.17) is 11.6 Å². The van der Waals surface area contributed by atoms with Crippen LogP contribution < -0.4 is 5.43 Å². The molecular formula is C15H21ClN2O. The van der Waals surface area contributed by atoms with Crippen molar-refractivity contribution in [2.75, 3.05) is 0 Å². The molecule has 0 spiro atoms. The third-order valence-corrected chi connectivity index (χ3v) is 2.99. The second-order valence-corrected chi connectivity index (χ2v) is 4.95. The minimum atomic E-state index is -0.0326. The summed E-state index contributed by atoms with van der Waals surface area (Å²) in [6, 6.07) is 7.32. The number of rotatable bonds is 8. The maximum absolute atomic E-state index is 11.5. The van der Waals surface area contributed by atoms with Gasteiger partial charge in [0, 0.05) is 11.4 Å². The number of hydrogen-bond donors (Lipinski definition) is 1. The normalized spacial score (nSPS) is 10.8. The first-order chi connectivity index (χ1) is 9.22. The van der Waals surface area contributed by atoms with Crippen LogP contribution in [0.15, 0.2) is 29.4 Å². The standard InChI is InChI=1S/C15H21ClN2O/c1-2-3-4-5-6-10-15(19)18-17-12-13-8-7-9-14(16)11-13/h7-9,11-12H,2-6,10H2,1H3,(H,18,19)/b17-12-. The Morgan fingerprint density at radius 3 is 2.84 bits per heavy atom. The third kappa shape index (κ3) is 7.62. The lowest BCUT2D eigenvalue weighted by Crippen LogP contribution is -2.16. The summed E-state index contributed by atoms with van der Waals surface area (Å²) in [7, 11) is 0. The van der Waals surface area contributed by atoms with Crippen LogP contribution in [0, 0.1) is 0 Å². The van der Waals surface area contributed by atoms with E-state index in [0.29, 0.717) is 11.4 Å². The highest BCUT2D eigenvalue weighted by molar-refractivity contribution is 6.30. The van der Waals surface area contributed by atoms with Crippen LogP contribution in [0.3, 0.4) is 0 Å². The first-order valence-electron chi connectivity index (χ1n) is 6.80. The summed E-state index contributed by atoms with van der Waals surface area (Å²) >= 11 is 5.85. The summed E-state index contributed by atoms with van der Waals surface area (Å²) in [5.74, 6) is -0.0326. The van der Waals surface area contributed by atoms with Gasteiger partial charge in [0.1, 0.15) is 0 Å². The highest BCUT2D eigenvalue weighted by Gasteiger charge is 1.98. The van der Waals surface area contributed by atoms with Crippen LogP contribution in [-0.4, -0.2) is 12.1 Å². The average Bonchev–Trinajstić information content (AvgIpc) is 2.38. The second-order valence-electron chi connectivity index (χ2n) is 4.51. The van der Waals surface area contributed by atoms with Gasteiger partial charge in [-0.05, 0) is 24.1 Å². The summed E-state index contributed by atoms with van der Waals surface area (Å²) < 4.78 is 0. The molecule has 0 saturated heterocycles. The third-order valence-electron chi connectivity index (χ3n) is 2.76. The van der Waals surface area contributed by atoms with Crippen LogP contribution in [0.2, 0.25) is 5.02 Å². The molecule has 1 amide bonds. The molecule has 0 unspecified atom stereocenters. The Labute approximate surface area is 120 Å². The molecule has 0 heterocycles. The molecular weight excluding hydrogens is 260 g/mol. The van der Waals surface area contributed by atoms with Crippen molar-refractivity contribution in [3.8, 4) is 0 Å². The monoisotopic (exact) mass is 280 g/mol. The molecule has 1 aromatic carbocycles. The van der Waals surface area contributed by atoms with Gasteiger partial charge in [-0.2, -0.15) is 5.10 Å². The van der Waals surface area contributed by atoms with E-state index in [-0.39, 0.29) is 5.91 Å². The number of carbonyl (C=O) groups excluding carboxylic acids is 1. The van der Waals surface area contributed by atoms with Crippen LogP contribution >= 0.6 is 11.6 Å². The summed E-state index contributed by atoms with van der Waals surface area (Å²) in [6.45, 7) is 2.18. The van der Waals surface area contributed by atoms with E-state index >= 15 is 0 Å². The van der Waals surface area contributed by atoms with Crippen molar-refractivity contribution in [2.45, 2.75) is 45.4 Å². The molecule has 0 aromatic heterocycles. The highest BCUT2D eigenvalue weighted by Crippen LogP contribution is 2.08. The number of hydrazone groups is 1. The first-order valence-corrected chi connectivity index (χ1v) is 7.17. The molecule has 0 aliphatic carbocycles. The van der Waals surface area contributed by atoms with E-state index in [1.807, 2.05) is 12.1 Å². The molecule has 0 aliphatic heterocycles. The van der Waals surface area contributed by atoms with Gasteiger partial charge in [0.2, 0.25) is 5.91 Å². The average molecular weight is 281 g/mol. The summed E-state index contributed by atoms with van der Waals surface area (Å²) in [6.07, 6.45) is 7.84. The van der Waals surface area contributed by atoms with Crippen LogP contribution in [-0.2, 0) is 4.79 Å². The van der Waals surface area contributed by atoms with Gasteiger partial charge in [-0.25, -0.2) is 5.43 Å². The number of halogens is 1. The van der Waals surface area contributed by atoms with Crippen molar-refractivity contribution in [3.63, 3.8) is 0 Å². The van der Waals surface area contributed by atoms with E-state index in [2.05, 4.69) is 17.5 Å². The van der Waals surface area contributed by atoms with Crippen molar-refractivity contribution < 1.29 is 4.79 Å². The molecule has 0 fully saturated rings. The Morgan fingerprint density at radius 1 is 1.32 bits per heavy atom. The van der Waals surface area contributed by atoms with E-state index in [9.17, 15) is 4.79 Å². The molecule has 0 bridgehead atoms. The number of nitrogens with one attached hydrogen (secondary N) is 1. The zero-order chi connectivity index (χ0) is 13.9. The van der Waals surface area contributed by atoms with Crippen LogP contribution in [0.5, 0.6) is 0 Å². The summed E-state index contributed by atoms with van der Waals surface area (Å²) in [5.41, 5.74) is 3.40. The Kier molecular flexibility index (Phi) is 7.91. The van der Waals surface area contributed by atoms with E-state index in [1.165, 1.54) is 19.3 Å². The topological polar surface area (TPSA) is 41.5 Å². The lowest BCUT2D eigenvalue weighted by atomic mass is 10.1. The van der Waals surface area contributed by atoms with Gasteiger partial charge in [-0.3, -0.25) is 4.79 Å². The number of carbonyl (C=O) groups is 1. The van der Waals surface area contributed by atoms with Crippen molar-refractivity contribution in [3.05, 3.63) is 34.9 Å². The number of benzene rings is 1. The SMILES string of the molecule is CCCCCCCC(=O)N/N=C\c1cccc(Cl)c1. The Bertz CT molecular complexity index is 418. The predicted molar refractivity (Wildman–Crippen MR) is 80.6 cm³/mol. The van der Waals surface area contributed by atoms with Crippen molar-refractivity contribution >= 4 is 23.7 Å². The van der Waals surface area contributed by atoms with Crippen molar-refractivity contribution in [2.24, 2.45) is 5.10 Å². The number of hydrogen-bond acceptors (Lipinski definition) is 2. The molecule has 0 saturated carbocycles. The minimum Gasteiger partial charge on any atom is -0.273 e. The lowest BCUT2D eigenvalue weighted by molar-refractivity contribution is -0.121. The molecule has 1 N–H and O–H groups in total. The highest BCUT2D eigenvalue weighted by atomic mass is 35.5. The quantitative estimate of drug-likeness (QED) is 0.434. The van der Waals surface area contributed by atoms with Crippen molar-refractivity contribution in [1.82, 2.24) is 5.43 Å². The number of nitrogens with zero attached hydrogens (tertiary/aromatic N) is 1. The van der Waals surface area contributed by atoms with E-state index < -0.39 is 0 Å². The van der Waals surface area contributed by atoms with Gasteiger partial charge in [0.05, 0.1) is 6.21 Å². The lowest BCUT2D eigenvalue weighted by Gasteiger charge is -2.00. The van der Waals surface area contributed by atoms with Gasteiger partial charge < -0.3 is 0 Å². The van der Waals surface area contributed by atoms with Crippen LogP contribution in [0.25, 0.3) is 0 Å². The summed E-state index contributed by atoms with van der Waals surface area (Å²) in [4.78, 5) is 11.5. The zero-order valence-corrected chi connectivity index (χ0v) is 12.1. The van der Waals surface area contributed by atoms with Gasteiger partial charge in [-0.1, -0.05) is 56.3 Å². The van der Waals surface area contributed by atoms with E-state index in [1.54, 1.807) is 18.3 Å². The number of unbranched alkanes of at least 4 members (excludes halogenated alkanes) is 4. The van der Waals surface area contributed by atoms with Crippen LogP contribution in [0.4, 0.5) is 0 Å². The predicted octanol–water partition coefficient (Wildman–Crippen LogP) is 4.15. The molecule has 3 nitrogen and oxygen atoms in total. The molecule has 0 atom stereocenters. The van der Waals surface area contributed by atoms with Gasteiger partial charge in [0.25, 0.3) is 0 Å². The fourth-order valence-electron chi connectivity index (χ4n) is 1.71. The van der Waals surface area contributed by atoms with Gasteiger partial charge >= 0.3 is 0 Å².